The Morgan fingerprint density at radius 1 is 1.10 bits per heavy atom. The molecule has 2 aromatic carbocycles. The van der Waals surface area contributed by atoms with E-state index in [0.29, 0.717) is 16.4 Å². The lowest BCUT2D eigenvalue weighted by atomic mass is 10.3. The molecule has 0 saturated heterocycles. The van der Waals surface area contributed by atoms with Crippen molar-refractivity contribution in [2.24, 2.45) is 4.40 Å². The first-order valence-corrected chi connectivity index (χ1v) is 8.56. The Kier molecular flexibility index (Phi) is 3.69. The highest BCUT2D eigenvalue weighted by Crippen LogP contribution is 2.28. The van der Waals surface area contributed by atoms with Gasteiger partial charge in [-0.1, -0.05) is 24.3 Å². The van der Waals surface area contributed by atoms with Crippen molar-refractivity contribution in [2.45, 2.75) is 9.79 Å². The zero-order chi connectivity index (χ0) is 14.9. The van der Waals surface area contributed by atoms with Crippen LogP contribution in [0.2, 0.25) is 0 Å². The first-order chi connectivity index (χ1) is 10.1. The van der Waals surface area contributed by atoms with E-state index >= 15 is 0 Å². The lowest BCUT2D eigenvalue weighted by Gasteiger charge is -2.17. The molecule has 0 bridgehead atoms. The van der Waals surface area contributed by atoms with E-state index in [9.17, 15) is 12.8 Å². The van der Waals surface area contributed by atoms with Crippen molar-refractivity contribution in [3.8, 4) is 0 Å². The molecular weight excluding hydrogens is 311 g/mol. The van der Waals surface area contributed by atoms with Crippen molar-refractivity contribution in [2.75, 3.05) is 11.1 Å². The van der Waals surface area contributed by atoms with Gasteiger partial charge < -0.3 is 5.32 Å². The molecule has 0 saturated carbocycles. The largest absolute Gasteiger partial charge is 0.341 e. The molecule has 1 N–H and O–H groups in total. The van der Waals surface area contributed by atoms with Gasteiger partial charge in [-0.05, 0) is 24.3 Å². The predicted molar refractivity (Wildman–Crippen MR) is 81.8 cm³/mol. The first-order valence-electron chi connectivity index (χ1n) is 6.13. The molecule has 21 heavy (non-hydrogen) atoms. The highest BCUT2D eigenvalue weighted by Gasteiger charge is 2.24. The number of para-hydroxylation sites is 1. The smallest absolute Gasteiger partial charge is 0.286 e. The summed E-state index contributed by atoms with van der Waals surface area (Å²) in [5.74, 6) is 0.207. The Labute approximate surface area is 126 Å². The van der Waals surface area contributed by atoms with Crippen LogP contribution in [0, 0.1) is 5.82 Å². The molecule has 4 nitrogen and oxygen atoms in total. The molecule has 0 fully saturated rings. The molecule has 2 aromatic rings. The van der Waals surface area contributed by atoms with Crippen LogP contribution in [0.15, 0.2) is 62.7 Å². The number of rotatable bonds is 3. The maximum atomic E-state index is 13.5. The van der Waals surface area contributed by atoms with Gasteiger partial charge in [0.2, 0.25) is 0 Å². The van der Waals surface area contributed by atoms with E-state index < -0.39 is 10.0 Å². The van der Waals surface area contributed by atoms with Gasteiger partial charge in [0.1, 0.15) is 16.5 Å². The first kappa shape index (κ1) is 14.1. The lowest BCUT2D eigenvalue weighted by molar-refractivity contribution is 0.597. The fourth-order valence-corrected chi connectivity index (χ4v) is 3.98. The maximum absolute atomic E-state index is 13.5. The summed E-state index contributed by atoms with van der Waals surface area (Å²) >= 11 is 1.20. The van der Waals surface area contributed by atoms with Crippen LogP contribution in [0.25, 0.3) is 0 Å². The minimum Gasteiger partial charge on any atom is -0.341 e. The SMILES string of the molecule is O=S1(=O)N=C(CSc2ccccc2F)Nc2ccccc21. The van der Waals surface area contributed by atoms with Crippen LogP contribution in [-0.2, 0) is 10.0 Å². The molecule has 0 aromatic heterocycles. The van der Waals surface area contributed by atoms with E-state index in [-0.39, 0.29) is 16.5 Å². The Bertz CT molecular complexity index is 819. The molecular formula is C14H11FN2O2S2. The molecule has 3 rings (SSSR count). The van der Waals surface area contributed by atoms with Gasteiger partial charge in [-0.2, -0.15) is 8.42 Å². The third-order valence-electron chi connectivity index (χ3n) is 2.88. The van der Waals surface area contributed by atoms with Crippen LogP contribution >= 0.6 is 11.8 Å². The Balaban J connectivity index is 1.83. The van der Waals surface area contributed by atoms with Crippen LogP contribution in [-0.4, -0.2) is 20.0 Å². The monoisotopic (exact) mass is 322 g/mol. The number of nitrogens with zero attached hydrogens (tertiary/aromatic N) is 1. The van der Waals surface area contributed by atoms with E-state index in [4.69, 9.17) is 0 Å². The summed E-state index contributed by atoms with van der Waals surface area (Å²) in [6.07, 6.45) is 0. The van der Waals surface area contributed by atoms with Crippen molar-refractivity contribution in [1.29, 1.82) is 0 Å². The van der Waals surface area contributed by atoms with Crippen molar-refractivity contribution in [1.82, 2.24) is 0 Å². The number of anilines is 1. The number of nitrogens with one attached hydrogen (secondary N) is 1. The van der Waals surface area contributed by atoms with Gasteiger partial charge in [0.05, 0.1) is 11.4 Å². The molecule has 0 aliphatic carbocycles. The van der Waals surface area contributed by atoms with Gasteiger partial charge in [-0.25, -0.2) is 4.39 Å². The number of fused-ring (bicyclic) bond motifs is 1. The summed E-state index contributed by atoms with van der Waals surface area (Å²) in [6.45, 7) is 0. The van der Waals surface area contributed by atoms with E-state index in [2.05, 4.69) is 9.71 Å². The topological polar surface area (TPSA) is 58.5 Å². The van der Waals surface area contributed by atoms with Gasteiger partial charge in [0, 0.05) is 4.90 Å². The standard InChI is InChI=1S/C14H11FN2O2S2/c15-10-5-1-3-7-12(10)20-9-14-16-11-6-2-4-8-13(11)21(18,19)17-14/h1-8H,9H2,(H,16,17). The molecule has 0 atom stereocenters. The summed E-state index contributed by atoms with van der Waals surface area (Å²) < 4.78 is 41.4. The van der Waals surface area contributed by atoms with E-state index in [0.717, 1.165) is 0 Å². The average Bonchev–Trinajstić information content (AvgIpc) is 2.46. The molecule has 0 unspecified atom stereocenters. The summed E-state index contributed by atoms with van der Waals surface area (Å²) in [6, 6.07) is 12.9. The number of hydrogen-bond donors (Lipinski definition) is 1. The predicted octanol–water partition coefficient (Wildman–Crippen LogP) is 3.13. The quantitative estimate of drug-likeness (QED) is 0.882. The molecule has 1 aliphatic rings. The Morgan fingerprint density at radius 3 is 2.62 bits per heavy atom. The number of amidine groups is 1. The normalized spacial score (nSPS) is 15.8. The van der Waals surface area contributed by atoms with Gasteiger partial charge in [0.25, 0.3) is 10.0 Å². The van der Waals surface area contributed by atoms with Crippen LogP contribution in [0.4, 0.5) is 10.1 Å². The average molecular weight is 322 g/mol. The van der Waals surface area contributed by atoms with Crippen LogP contribution in [0.5, 0.6) is 0 Å². The fourth-order valence-electron chi connectivity index (χ4n) is 1.94. The van der Waals surface area contributed by atoms with Crippen LogP contribution in [0.1, 0.15) is 0 Å². The summed E-state index contributed by atoms with van der Waals surface area (Å²) in [5.41, 5.74) is 0.497. The fraction of sp³-hybridized carbons (Fsp3) is 0.0714. The van der Waals surface area contributed by atoms with E-state index in [1.54, 1.807) is 36.4 Å². The van der Waals surface area contributed by atoms with E-state index in [1.165, 1.54) is 23.9 Å². The third kappa shape index (κ3) is 2.93. The van der Waals surface area contributed by atoms with Crippen molar-refractivity contribution in [3.63, 3.8) is 0 Å². The summed E-state index contributed by atoms with van der Waals surface area (Å²) in [4.78, 5) is 0.614. The molecule has 0 spiro atoms. The minimum absolute atomic E-state index is 0.157. The van der Waals surface area contributed by atoms with Gasteiger partial charge in [0.15, 0.2) is 0 Å². The van der Waals surface area contributed by atoms with Gasteiger partial charge >= 0.3 is 0 Å². The second-order valence-corrected chi connectivity index (χ2v) is 6.94. The zero-order valence-electron chi connectivity index (χ0n) is 10.8. The number of halogens is 1. The Hall–Kier alpha value is -1.86. The highest BCUT2D eigenvalue weighted by molar-refractivity contribution is 8.00. The molecule has 1 heterocycles. The second-order valence-electron chi connectivity index (χ2n) is 4.35. The minimum atomic E-state index is -3.69. The van der Waals surface area contributed by atoms with Crippen molar-refractivity contribution >= 4 is 33.3 Å². The Morgan fingerprint density at radius 2 is 1.81 bits per heavy atom. The van der Waals surface area contributed by atoms with Gasteiger partial charge in [-0.3, -0.25) is 0 Å². The zero-order valence-corrected chi connectivity index (χ0v) is 12.4. The highest BCUT2D eigenvalue weighted by atomic mass is 32.2. The summed E-state index contributed by atoms with van der Waals surface area (Å²) in [7, 11) is -3.69. The van der Waals surface area contributed by atoms with Crippen LogP contribution < -0.4 is 5.32 Å². The van der Waals surface area contributed by atoms with Crippen molar-refractivity contribution < 1.29 is 12.8 Å². The number of thioether (sulfide) groups is 1. The number of sulfonamides is 1. The van der Waals surface area contributed by atoms with Gasteiger partial charge in [-0.15, -0.1) is 16.2 Å². The van der Waals surface area contributed by atoms with Crippen molar-refractivity contribution in [3.05, 3.63) is 54.3 Å². The molecule has 0 radical (unpaired) electrons. The molecule has 1 aliphatic heterocycles. The number of hydrogen-bond acceptors (Lipinski definition) is 4. The van der Waals surface area contributed by atoms with E-state index in [1.807, 2.05) is 0 Å². The molecule has 0 amide bonds. The number of benzene rings is 2. The third-order valence-corrected chi connectivity index (χ3v) is 5.31. The molecule has 7 heteroatoms. The lowest BCUT2D eigenvalue weighted by Crippen LogP contribution is -2.23. The van der Waals surface area contributed by atoms with Crippen LogP contribution in [0.3, 0.4) is 0 Å². The second kappa shape index (κ2) is 5.50. The summed E-state index contributed by atoms with van der Waals surface area (Å²) in [5, 5.41) is 2.97. The maximum Gasteiger partial charge on any atom is 0.286 e. The molecule has 108 valence electrons.